The van der Waals surface area contributed by atoms with Gasteiger partial charge < -0.3 is 10.3 Å². The summed E-state index contributed by atoms with van der Waals surface area (Å²) in [5, 5.41) is 0. The lowest BCUT2D eigenvalue weighted by Crippen LogP contribution is -1.96. The van der Waals surface area contributed by atoms with Crippen molar-refractivity contribution in [2.24, 2.45) is 7.05 Å². The van der Waals surface area contributed by atoms with Crippen molar-refractivity contribution in [3.8, 4) is 0 Å². The largest absolute Gasteiger partial charge is 0.369 e. The number of hydrogen-bond acceptors (Lipinski definition) is 4. The first kappa shape index (κ1) is 10.0. The predicted molar refractivity (Wildman–Crippen MR) is 67.7 cm³/mol. The average molecular weight is 227 g/mol. The number of hydrogen-bond donors (Lipinski definition) is 1. The van der Waals surface area contributed by atoms with Crippen LogP contribution in [0.1, 0.15) is 11.4 Å². The molecule has 0 saturated carbocycles. The molecule has 3 rings (SSSR count). The van der Waals surface area contributed by atoms with E-state index in [0.717, 1.165) is 33.5 Å². The van der Waals surface area contributed by atoms with Gasteiger partial charge in [-0.05, 0) is 26.0 Å². The number of fused-ring (bicyclic) bond motifs is 3. The minimum Gasteiger partial charge on any atom is -0.369 e. The van der Waals surface area contributed by atoms with E-state index in [4.69, 9.17) is 5.73 Å². The third kappa shape index (κ3) is 1.28. The number of rotatable bonds is 0. The van der Waals surface area contributed by atoms with E-state index in [1.807, 2.05) is 37.6 Å². The van der Waals surface area contributed by atoms with Crippen molar-refractivity contribution < 1.29 is 0 Å². The van der Waals surface area contributed by atoms with Crippen LogP contribution >= 0.6 is 0 Å². The highest BCUT2D eigenvalue weighted by Gasteiger charge is 2.11. The highest BCUT2D eigenvalue weighted by molar-refractivity contribution is 6.01. The molecule has 2 N–H and O–H groups in total. The lowest BCUT2D eigenvalue weighted by molar-refractivity contribution is 0.965. The zero-order valence-electron chi connectivity index (χ0n) is 10.0. The van der Waals surface area contributed by atoms with Crippen LogP contribution in [0.25, 0.3) is 22.1 Å². The Hall–Kier alpha value is -2.17. The van der Waals surface area contributed by atoms with Gasteiger partial charge in [0, 0.05) is 7.05 Å². The Morgan fingerprint density at radius 2 is 1.71 bits per heavy atom. The highest BCUT2D eigenvalue weighted by atomic mass is 15.1. The molecule has 1 aromatic carbocycles. The fraction of sp³-hybridized carbons (Fsp3) is 0.250. The molecule has 17 heavy (non-hydrogen) atoms. The van der Waals surface area contributed by atoms with E-state index in [0.29, 0.717) is 5.95 Å². The fourth-order valence-corrected chi connectivity index (χ4v) is 1.96. The Morgan fingerprint density at radius 1 is 1.00 bits per heavy atom. The minimum absolute atomic E-state index is 0.493. The first-order chi connectivity index (χ1) is 8.08. The lowest BCUT2D eigenvalue weighted by Gasteiger charge is -2.03. The molecular weight excluding hydrogens is 214 g/mol. The fourth-order valence-electron chi connectivity index (χ4n) is 1.96. The third-order valence-electron chi connectivity index (χ3n) is 3.13. The summed E-state index contributed by atoms with van der Waals surface area (Å²) in [4.78, 5) is 13.4. The van der Waals surface area contributed by atoms with E-state index in [1.54, 1.807) is 0 Å². The normalized spacial score (nSPS) is 11.5. The Labute approximate surface area is 98.3 Å². The van der Waals surface area contributed by atoms with E-state index in [1.165, 1.54) is 0 Å². The molecule has 3 aromatic rings. The van der Waals surface area contributed by atoms with Crippen LogP contribution in [0.4, 0.5) is 5.95 Å². The van der Waals surface area contributed by atoms with Gasteiger partial charge in [0.2, 0.25) is 5.95 Å². The molecule has 2 aromatic heterocycles. The maximum Gasteiger partial charge on any atom is 0.201 e. The lowest BCUT2D eigenvalue weighted by atomic mass is 10.2. The van der Waals surface area contributed by atoms with Crippen molar-refractivity contribution in [2.75, 3.05) is 5.73 Å². The van der Waals surface area contributed by atoms with Crippen LogP contribution in [0.5, 0.6) is 0 Å². The van der Waals surface area contributed by atoms with E-state index in [9.17, 15) is 0 Å². The van der Waals surface area contributed by atoms with Crippen molar-refractivity contribution in [1.82, 2.24) is 19.5 Å². The average Bonchev–Trinajstić information content (AvgIpc) is 2.58. The molecule has 0 bridgehead atoms. The van der Waals surface area contributed by atoms with Crippen molar-refractivity contribution in [3.05, 3.63) is 23.5 Å². The molecule has 5 nitrogen and oxygen atoms in total. The van der Waals surface area contributed by atoms with E-state index in [-0.39, 0.29) is 0 Å². The Balaban J connectivity index is 2.55. The second-order valence-electron chi connectivity index (χ2n) is 4.22. The maximum absolute atomic E-state index is 5.82. The van der Waals surface area contributed by atoms with Gasteiger partial charge in [-0.15, -0.1) is 0 Å². The van der Waals surface area contributed by atoms with Gasteiger partial charge in [-0.3, -0.25) is 0 Å². The van der Waals surface area contributed by atoms with Crippen molar-refractivity contribution in [3.63, 3.8) is 0 Å². The van der Waals surface area contributed by atoms with Crippen LogP contribution in [-0.4, -0.2) is 19.5 Å². The minimum atomic E-state index is 0.493. The number of nitrogens with two attached hydrogens (primary N) is 1. The molecule has 0 fully saturated rings. The monoisotopic (exact) mass is 227 g/mol. The number of imidazole rings is 1. The Bertz CT molecular complexity index is 742. The van der Waals surface area contributed by atoms with E-state index >= 15 is 0 Å². The molecular formula is C12H13N5. The van der Waals surface area contributed by atoms with Gasteiger partial charge in [-0.1, -0.05) is 0 Å². The summed E-state index contributed by atoms with van der Waals surface area (Å²) in [6.45, 7) is 3.91. The second-order valence-corrected chi connectivity index (χ2v) is 4.22. The highest BCUT2D eigenvalue weighted by Crippen LogP contribution is 2.24. The van der Waals surface area contributed by atoms with Gasteiger partial charge >= 0.3 is 0 Å². The van der Waals surface area contributed by atoms with Crippen LogP contribution < -0.4 is 5.73 Å². The second kappa shape index (κ2) is 3.16. The molecule has 0 saturated heterocycles. The van der Waals surface area contributed by atoms with Gasteiger partial charge in [0.05, 0.1) is 22.4 Å². The summed E-state index contributed by atoms with van der Waals surface area (Å²) in [6, 6.07) is 3.93. The topological polar surface area (TPSA) is 69.6 Å². The van der Waals surface area contributed by atoms with Gasteiger partial charge in [0.15, 0.2) is 0 Å². The van der Waals surface area contributed by atoms with Crippen LogP contribution in [-0.2, 0) is 7.05 Å². The SMILES string of the molecule is Cc1nc2ccc3c(nc(N)n3C)c2nc1C. The van der Waals surface area contributed by atoms with Crippen LogP contribution in [0.15, 0.2) is 12.1 Å². The molecule has 0 aliphatic carbocycles. The van der Waals surface area contributed by atoms with Crippen molar-refractivity contribution in [1.29, 1.82) is 0 Å². The molecule has 0 spiro atoms. The van der Waals surface area contributed by atoms with Crippen molar-refractivity contribution in [2.45, 2.75) is 13.8 Å². The standard InChI is InChI=1S/C12H13N5/c1-6-7(2)15-10-8(14-6)4-5-9-11(10)16-12(13)17(9)3/h4-5H,1-3H3,(H2,13,16). The third-order valence-corrected chi connectivity index (χ3v) is 3.13. The van der Waals surface area contributed by atoms with Gasteiger partial charge in [-0.2, -0.15) is 0 Å². The first-order valence-electron chi connectivity index (χ1n) is 5.44. The number of aryl methyl sites for hydroxylation is 3. The maximum atomic E-state index is 5.82. The summed E-state index contributed by atoms with van der Waals surface area (Å²) in [6.07, 6.45) is 0. The molecule has 2 heterocycles. The van der Waals surface area contributed by atoms with Gasteiger partial charge in [-0.25, -0.2) is 15.0 Å². The number of nitrogen functional groups attached to an aromatic ring is 1. The van der Waals surface area contributed by atoms with Gasteiger partial charge in [0.1, 0.15) is 11.0 Å². The summed E-state index contributed by atoms with van der Waals surface area (Å²) in [5.41, 5.74) is 11.2. The summed E-state index contributed by atoms with van der Waals surface area (Å²) in [7, 11) is 1.89. The van der Waals surface area contributed by atoms with E-state index < -0.39 is 0 Å². The van der Waals surface area contributed by atoms with Gasteiger partial charge in [0.25, 0.3) is 0 Å². The smallest absolute Gasteiger partial charge is 0.201 e. The predicted octanol–water partition coefficient (Wildman–Crippen LogP) is 1.72. The van der Waals surface area contributed by atoms with Crippen LogP contribution in [0, 0.1) is 13.8 Å². The molecule has 0 unspecified atom stereocenters. The number of nitrogens with zero attached hydrogens (tertiary/aromatic N) is 4. The summed E-state index contributed by atoms with van der Waals surface area (Å²) < 4.78 is 1.85. The number of anilines is 1. The molecule has 0 atom stereocenters. The molecule has 0 aliphatic heterocycles. The number of aromatic nitrogens is 4. The Kier molecular flexibility index (Phi) is 1.86. The summed E-state index contributed by atoms with van der Waals surface area (Å²) in [5.74, 6) is 0.493. The zero-order valence-corrected chi connectivity index (χ0v) is 10.0. The molecule has 0 amide bonds. The Morgan fingerprint density at radius 3 is 2.47 bits per heavy atom. The molecule has 0 radical (unpaired) electrons. The number of benzene rings is 1. The quantitative estimate of drug-likeness (QED) is 0.634. The molecule has 5 heteroatoms. The molecule has 0 aliphatic rings. The van der Waals surface area contributed by atoms with Crippen LogP contribution in [0.2, 0.25) is 0 Å². The first-order valence-corrected chi connectivity index (χ1v) is 5.44. The van der Waals surface area contributed by atoms with Crippen LogP contribution in [0.3, 0.4) is 0 Å². The van der Waals surface area contributed by atoms with Crippen molar-refractivity contribution >= 4 is 28.0 Å². The molecule has 86 valence electrons. The summed E-state index contributed by atoms with van der Waals surface area (Å²) >= 11 is 0. The zero-order chi connectivity index (χ0) is 12.2. The van der Waals surface area contributed by atoms with E-state index in [2.05, 4.69) is 15.0 Å².